The maximum absolute atomic E-state index is 10.6. The Hall–Kier alpha value is -2.11. The van der Waals surface area contributed by atoms with E-state index in [0.717, 1.165) is 49.1 Å². The van der Waals surface area contributed by atoms with Crippen LogP contribution in [0, 0.1) is 0 Å². The number of nitrogens with one attached hydrogen (secondary N) is 1. The zero-order chi connectivity index (χ0) is 18.3. The fourth-order valence-electron chi connectivity index (χ4n) is 1.99. The van der Waals surface area contributed by atoms with E-state index in [4.69, 9.17) is 9.90 Å². The summed E-state index contributed by atoms with van der Waals surface area (Å²) in [5.74, 6) is -2.76. The molecule has 0 radical (unpaired) electrons. The number of aromatic nitrogens is 3. The van der Waals surface area contributed by atoms with Crippen LogP contribution in [-0.2, 0) is 11.3 Å². The highest BCUT2D eigenvalue weighted by Gasteiger charge is 2.38. The number of carboxylic acid groups (broad SMARTS) is 1. The number of halogens is 3. The summed E-state index contributed by atoms with van der Waals surface area (Å²) in [7, 11) is 0. The van der Waals surface area contributed by atoms with Crippen molar-refractivity contribution >= 4 is 17.3 Å². The molecule has 1 saturated heterocycles. The van der Waals surface area contributed by atoms with Gasteiger partial charge in [-0.05, 0) is 0 Å². The molecule has 0 unspecified atom stereocenters. The molecule has 11 heteroatoms. The Labute approximate surface area is 145 Å². The predicted molar refractivity (Wildman–Crippen MR) is 85.0 cm³/mol. The highest BCUT2D eigenvalue weighted by molar-refractivity contribution is 7.09. The fourth-order valence-corrected chi connectivity index (χ4v) is 2.82. The number of carboxylic acids is 1. The van der Waals surface area contributed by atoms with Gasteiger partial charge in [0.15, 0.2) is 0 Å². The standard InChI is InChI=1S/C12H15N5S.C2HF3O2/c1-2-15-10(7-14-1)11-9-18-12(16-11)8-17-5-3-13-4-6-17;3-2(4,5)1(6)7/h1-2,7,9,13H,3-6,8H2;(H,6,7). The molecule has 0 atom stereocenters. The molecule has 3 heterocycles. The molecular weight excluding hydrogens is 359 g/mol. The minimum absolute atomic E-state index is 0.848. The Morgan fingerprint density at radius 1 is 1.28 bits per heavy atom. The summed E-state index contributed by atoms with van der Waals surface area (Å²) in [6, 6.07) is 0. The van der Waals surface area contributed by atoms with Gasteiger partial charge in [0.05, 0.1) is 12.7 Å². The van der Waals surface area contributed by atoms with E-state index in [1.807, 2.05) is 0 Å². The van der Waals surface area contributed by atoms with Crippen LogP contribution in [0.15, 0.2) is 24.0 Å². The Balaban J connectivity index is 0.000000277. The maximum atomic E-state index is 10.6. The van der Waals surface area contributed by atoms with E-state index in [9.17, 15) is 13.2 Å². The molecule has 2 aromatic heterocycles. The monoisotopic (exact) mass is 375 g/mol. The lowest BCUT2D eigenvalue weighted by atomic mass is 10.3. The number of rotatable bonds is 3. The van der Waals surface area contributed by atoms with Crippen LogP contribution in [0.1, 0.15) is 5.01 Å². The van der Waals surface area contributed by atoms with Crippen LogP contribution < -0.4 is 5.32 Å². The molecular formula is C14H16F3N5O2S. The van der Waals surface area contributed by atoms with E-state index in [0.29, 0.717) is 0 Å². The van der Waals surface area contributed by atoms with Crippen molar-refractivity contribution in [3.05, 3.63) is 29.0 Å². The zero-order valence-electron chi connectivity index (χ0n) is 13.0. The molecule has 136 valence electrons. The topological polar surface area (TPSA) is 91.2 Å². The molecule has 2 aromatic rings. The molecule has 1 aliphatic heterocycles. The van der Waals surface area contributed by atoms with Crippen molar-refractivity contribution in [2.45, 2.75) is 12.7 Å². The van der Waals surface area contributed by atoms with E-state index in [1.54, 1.807) is 29.9 Å². The maximum Gasteiger partial charge on any atom is 0.490 e. The van der Waals surface area contributed by atoms with Gasteiger partial charge in [-0.3, -0.25) is 14.9 Å². The summed E-state index contributed by atoms with van der Waals surface area (Å²) in [6.07, 6.45) is 0.0474. The predicted octanol–water partition coefficient (Wildman–Crippen LogP) is 1.64. The third-order valence-electron chi connectivity index (χ3n) is 3.19. The number of hydrogen-bond acceptors (Lipinski definition) is 7. The van der Waals surface area contributed by atoms with E-state index in [1.165, 1.54) is 0 Å². The highest BCUT2D eigenvalue weighted by Crippen LogP contribution is 2.20. The molecule has 2 N–H and O–H groups in total. The Morgan fingerprint density at radius 3 is 2.52 bits per heavy atom. The van der Waals surface area contributed by atoms with Gasteiger partial charge in [0, 0.05) is 44.0 Å². The Kier molecular flexibility index (Phi) is 6.79. The number of aliphatic carboxylic acids is 1. The summed E-state index contributed by atoms with van der Waals surface area (Å²) in [5, 5.41) is 13.7. The average molecular weight is 375 g/mol. The first-order valence-electron chi connectivity index (χ1n) is 7.30. The van der Waals surface area contributed by atoms with Gasteiger partial charge < -0.3 is 10.4 Å². The van der Waals surface area contributed by atoms with Crippen LogP contribution in [0.2, 0.25) is 0 Å². The van der Waals surface area contributed by atoms with E-state index >= 15 is 0 Å². The van der Waals surface area contributed by atoms with E-state index in [-0.39, 0.29) is 0 Å². The average Bonchev–Trinajstić information content (AvgIpc) is 3.05. The van der Waals surface area contributed by atoms with Crippen molar-refractivity contribution in [2.75, 3.05) is 26.2 Å². The van der Waals surface area contributed by atoms with Gasteiger partial charge in [-0.25, -0.2) is 9.78 Å². The van der Waals surface area contributed by atoms with Crippen LogP contribution in [0.4, 0.5) is 13.2 Å². The summed E-state index contributed by atoms with van der Waals surface area (Å²) in [4.78, 5) is 24.3. The summed E-state index contributed by atoms with van der Waals surface area (Å²) in [6.45, 7) is 5.28. The first kappa shape index (κ1) is 19.2. The summed E-state index contributed by atoms with van der Waals surface area (Å²) >= 11 is 1.70. The second-order valence-corrected chi connectivity index (χ2v) is 5.99. The number of carbonyl (C=O) groups is 1. The van der Waals surface area contributed by atoms with Crippen LogP contribution >= 0.6 is 11.3 Å². The number of thiazole rings is 1. The molecule has 1 fully saturated rings. The molecule has 0 spiro atoms. The SMILES string of the molecule is O=C(O)C(F)(F)F.c1cnc(-c2csc(CN3CCNCC3)n2)cn1. The van der Waals surface area contributed by atoms with Crippen LogP contribution in [0.5, 0.6) is 0 Å². The lowest BCUT2D eigenvalue weighted by Gasteiger charge is -2.26. The second-order valence-electron chi connectivity index (χ2n) is 5.05. The van der Waals surface area contributed by atoms with Crippen molar-refractivity contribution in [1.82, 2.24) is 25.2 Å². The summed E-state index contributed by atoms with van der Waals surface area (Å²) < 4.78 is 31.7. The van der Waals surface area contributed by atoms with E-state index in [2.05, 4.69) is 30.5 Å². The lowest BCUT2D eigenvalue weighted by molar-refractivity contribution is -0.192. The van der Waals surface area contributed by atoms with Crippen molar-refractivity contribution in [2.24, 2.45) is 0 Å². The van der Waals surface area contributed by atoms with Gasteiger partial charge in [-0.15, -0.1) is 11.3 Å². The van der Waals surface area contributed by atoms with Gasteiger partial charge >= 0.3 is 12.1 Å². The summed E-state index contributed by atoms with van der Waals surface area (Å²) in [5.41, 5.74) is 1.78. The number of alkyl halides is 3. The molecule has 0 saturated carbocycles. The molecule has 1 aliphatic rings. The van der Waals surface area contributed by atoms with Gasteiger partial charge in [0.1, 0.15) is 16.4 Å². The van der Waals surface area contributed by atoms with Gasteiger partial charge in [-0.2, -0.15) is 13.2 Å². The quantitative estimate of drug-likeness (QED) is 0.843. The van der Waals surface area contributed by atoms with Gasteiger partial charge in [0.2, 0.25) is 0 Å². The first-order valence-corrected chi connectivity index (χ1v) is 8.18. The smallest absolute Gasteiger partial charge is 0.475 e. The third kappa shape index (κ3) is 6.36. The first-order chi connectivity index (χ1) is 11.9. The van der Waals surface area contributed by atoms with Crippen LogP contribution in [0.25, 0.3) is 11.4 Å². The largest absolute Gasteiger partial charge is 0.490 e. The Morgan fingerprint density at radius 2 is 1.96 bits per heavy atom. The number of piperazine rings is 1. The molecule has 0 bridgehead atoms. The Bertz CT molecular complexity index is 675. The molecule has 7 nitrogen and oxygen atoms in total. The van der Waals surface area contributed by atoms with Crippen molar-refractivity contribution in [1.29, 1.82) is 0 Å². The third-order valence-corrected chi connectivity index (χ3v) is 4.02. The zero-order valence-corrected chi connectivity index (χ0v) is 13.8. The van der Waals surface area contributed by atoms with Gasteiger partial charge in [-0.1, -0.05) is 0 Å². The van der Waals surface area contributed by atoms with E-state index < -0.39 is 12.1 Å². The minimum atomic E-state index is -5.08. The number of hydrogen-bond donors (Lipinski definition) is 2. The molecule has 25 heavy (non-hydrogen) atoms. The normalized spacial score (nSPS) is 15.3. The van der Waals surface area contributed by atoms with Gasteiger partial charge in [0.25, 0.3) is 0 Å². The fraction of sp³-hybridized carbons (Fsp3) is 0.429. The molecule has 0 aromatic carbocycles. The molecule has 0 amide bonds. The van der Waals surface area contributed by atoms with Crippen LogP contribution in [-0.4, -0.2) is 63.3 Å². The lowest BCUT2D eigenvalue weighted by Crippen LogP contribution is -2.42. The van der Waals surface area contributed by atoms with Crippen molar-refractivity contribution in [3.8, 4) is 11.4 Å². The molecule has 3 rings (SSSR count). The van der Waals surface area contributed by atoms with Crippen molar-refractivity contribution in [3.63, 3.8) is 0 Å². The highest BCUT2D eigenvalue weighted by atomic mass is 32.1. The molecule has 0 aliphatic carbocycles. The van der Waals surface area contributed by atoms with Crippen LogP contribution in [0.3, 0.4) is 0 Å². The second kappa shape index (κ2) is 8.83. The number of nitrogens with zero attached hydrogens (tertiary/aromatic N) is 4. The van der Waals surface area contributed by atoms with Crippen molar-refractivity contribution < 1.29 is 23.1 Å². The minimum Gasteiger partial charge on any atom is -0.475 e.